The Morgan fingerprint density at radius 3 is 2.45 bits per heavy atom. The lowest BCUT2D eigenvalue weighted by atomic mass is 9.94. The molecule has 0 bridgehead atoms. The molecular formula is C25H29NO6Si. The molecule has 2 aromatic carbocycles. The van der Waals surface area contributed by atoms with Crippen molar-refractivity contribution < 1.29 is 28.2 Å². The number of nitrogens with zero attached hydrogens (tertiary/aromatic N) is 1. The molecule has 0 spiro atoms. The Morgan fingerprint density at radius 2 is 1.76 bits per heavy atom. The molecular weight excluding hydrogens is 438 g/mol. The van der Waals surface area contributed by atoms with Gasteiger partial charge in [-0.25, -0.2) is 4.79 Å². The van der Waals surface area contributed by atoms with E-state index in [1.54, 1.807) is 36.4 Å². The van der Waals surface area contributed by atoms with Gasteiger partial charge in [-0.2, -0.15) is 0 Å². The average molecular weight is 468 g/mol. The second kappa shape index (κ2) is 8.68. The first kappa shape index (κ1) is 23.1. The zero-order chi connectivity index (χ0) is 23.8. The van der Waals surface area contributed by atoms with Gasteiger partial charge in [0, 0.05) is 12.3 Å². The van der Waals surface area contributed by atoms with Crippen LogP contribution in [0.25, 0.3) is 0 Å². The lowest BCUT2D eigenvalue weighted by molar-refractivity contribution is -0.125. The van der Waals surface area contributed by atoms with Crippen molar-refractivity contribution in [2.45, 2.75) is 51.0 Å². The monoisotopic (exact) mass is 467 g/mol. The summed E-state index contributed by atoms with van der Waals surface area (Å²) in [4.78, 5) is 27.8. The first-order chi connectivity index (χ1) is 15.6. The van der Waals surface area contributed by atoms with E-state index in [9.17, 15) is 9.59 Å². The van der Waals surface area contributed by atoms with E-state index in [2.05, 4.69) is 33.9 Å². The lowest BCUT2D eigenvalue weighted by Crippen LogP contribution is -2.52. The summed E-state index contributed by atoms with van der Waals surface area (Å²) in [5, 5.41) is -0.122. The van der Waals surface area contributed by atoms with Crippen LogP contribution in [-0.4, -0.2) is 38.0 Å². The Kier molecular flexibility index (Phi) is 6.07. The topological polar surface area (TPSA) is 74.3 Å². The molecule has 2 aliphatic rings. The number of carbonyl (C=O) groups excluding carboxylic acids is 2. The molecule has 0 unspecified atom stereocenters. The van der Waals surface area contributed by atoms with Crippen LogP contribution in [-0.2, 0) is 9.22 Å². The van der Waals surface area contributed by atoms with Gasteiger partial charge in [0.1, 0.15) is 11.9 Å². The zero-order valence-electron chi connectivity index (χ0n) is 19.5. The quantitative estimate of drug-likeness (QED) is 0.557. The molecule has 0 fully saturated rings. The van der Waals surface area contributed by atoms with Gasteiger partial charge in [0.15, 0.2) is 25.6 Å². The maximum Gasteiger partial charge on any atom is 0.419 e. The van der Waals surface area contributed by atoms with Gasteiger partial charge in [-0.1, -0.05) is 45.0 Å². The summed E-state index contributed by atoms with van der Waals surface area (Å²) in [5.74, 6) is 1.42. The first-order valence-corrected chi connectivity index (χ1v) is 13.8. The van der Waals surface area contributed by atoms with Crippen LogP contribution in [0.15, 0.2) is 60.8 Å². The minimum atomic E-state index is -2.36. The predicted octanol–water partition coefficient (Wildman–Crippen LogP) is 5.44. The minimum Gasteiger partial charge on any atom is -0.454 e. The van der Waals surface area contributed by atoms with Crippen molar-refractivity contribution in [1.29, 1.82) is 0 Å². The molecule has 0 N–H and O–H groups in total. The summed E-state index contributed by atoms with van der Waals surface area (Å²) in [6.07, 6.45) is 1.37. The SMILES string of the molecule is CC(C)(C)[Si](C)(C)O[C@H]1C(=O)C=CN(C(=O)Oc2ccccc2)[C@@H]1c1ccc2c(c1)OCO2. The molecule has 174 valence electrons. The van der Waals surface area contributed by atoms with Crippen molar-refractivity contribution in [3.8, 4) is 17.2 Å². The van der Waals surface area contributed by atoms with E-state index in [-0.39, 0.29) is 17.6 Å². The fraction of sp³-hybridized carbons (Fsp3) is 0.360. The molecule has 0 aromatic heterocycles. The Hall–Kier alpha value is -3.10. The van der Waals surface area contributed by atoms with Crippen molar-refractivity contribution in [3.63, 3.8) is 0 Å². The van der Waals surface area contributed by atoms with Gasteiger partial charge in [-0.05, 0) is 48.0 Å². The standard InChI is InChI=1S/C25H29NO6Si/c1-25(2,3)33(4,5)32-23-19(27)13-14-26(24(28)31-18-9-7-6-8-10-18)22(23)17-11-12-20-21(15-17)30-16-29-20/h6-15,22-23H,16H2,1-5H3/t22-,23+/m1/s1. The summed E-state index contributed by atoms with van der Waals surface area (Å²) in [6.45, 7) is 10.6. The van der Waals surface area contributed by atoms with Gasteiger partial charge in [-0.15, -0.1) is 0 Å². The van der Waals surface area contributed by atoms with Gasteiger partial charge in [0.25, 0.3) is 0 Å². The fourth-order valence-corrected chi connectivity index (χ4v) is 4.74. The van der Waals surface area contributed by atoms with Crippen molar-refractivity contribution in [1.82, 2.24) is 4.90 Å². The molecule has 2 aliphatic heterocycles. The van der Waals surface area contributed by atoms with Crippen LogP contribution in [0.5, 0.6) is 17.2 Å². The lowest BCUT2D eigenvalue weighted by Gasteiger charge is -2.43. The van der Waals surface area contributed by atoms with E-state index >= 15 is 0 Å². The van der Waals surface area contributed by atoms with E-state index in [0.29, 0.717) is 22.8 Å². The number of amides is 1. The molecule has 0 aliphatic carbocycles. The molecule has 1 amide bonds. The highest BCUT2D eigenvalue weighted by molar-refractivity contribution is 6.74. The van der Waals surface area contributed by atoms with E-state index in [4.69, 9.17) is 18.6 Å². The predicted molar refractivity (Wildman–Crippen MR) is 126 cm³/mol. The summed E-state index contributed by atoms with van der Waals surface area (Å²) in [7, 11) is -2.36. The van der Waals surface area contributed by atoms with Gasteiger partial charge >= 0.3 is 6.09 Å². The number of benzene rings is 2. The molecule has 2 aromatic rings. The minimum absolute atomic E-state index is 0.122. The normalized spacial score (nSPS) is 20.2. The zero-order valence-corrected chi connectivity index (χ0v) is 20.5. The summed E-state index contributed by atoms with van der Waals surface area (Å²) in [6, 6.07) is 13.5. The van der Waals surface area contributed by atoms with Crippen LogP contribution in [0.3, 0.4) is 0 Å². The number of rotatable bonds is 4. The maximum atomic E-state index is 13.2. The molecule has 0 saturated heterocycles. The van der Waals surface area contributed by atoms with Gasteiger partial charge in [0.2, 0.25) is 6.79 Å². The van der Waals surface area contributed by atoms with Crippen molar-refractivity contribution in [2.75, 3.05) is 6.79 Å². The maximum absolute atomic E-state index is 13.2. The molecule has 4 rings (SSSR count). The van der Waals surface area contributed by atoms with Gasteiger partial charge < -0.3 is 18.6 Å². The third-order valence-corrected chi connectivity index (χ3v) is 10.8. The third kappa shape index (κ3) is 4.67. The van der Waals surface area contributed by atoms with Gasteiger partial charge in [0.05, 0.1) is 6.04 Å². The van der Waals surface area contributed by atoms with Crippen LogP contribution in [0.4, 0.5) is 4.79 Å². The van der Waals surface area contributed by atoms with E-state index in [0.717, 1.165) is 0 Å². The van der Waals surface area contributed by atoms with Crippen molar-refractivity contribution in [3.05, 3.63) is 66.4 Å². The van der Waals surface area contributed by atoms with Crippen LogP contribution in [0.2, 0.25) is 18.1 Å². The Labute approximate surface area is 195 Å². The van der Waals surface area contributed by atoms with Crippen LogP contribution < -0.4 is 14.2 Å². The Bertz CT molecular complexity index is 1080. The summed E-state index contributed by atoms with van der Waals surface area (Å²) < 4.78 is 23.2. The van der Waals surface area contributed by atoms with Crippen molar-refractivity contribution in [2.24, 2.45) is 0 Å². The van der Waals surface area contributed by atoms with Crippen LogP contribution in [0, 0.1) is 0 Å². The largest absolute Gasteiger partial charge is 0.454 e. The van der Waals surface area contributed by atoms with E-state index < -0.39 is 26.6 Å². The second-order valence-electron chi connectivity index (χ2n) is 9.66. The van der Waals surface area contributed by atoms with Crippen molar-refractivity contribution >= 4 is 20.2 Å². The molecule has 33 heavy (non-hydrogen) atoms. The molecule has 7 nitrogen and oxygen atoms in total. The summed E-state index contributed by atoms with van der Waals surface area (Å²) >= 11 is 0. The van der Waals surface area contributed by atoms with E-state index in [1.165, 1.54) is 17.2 Å². The highest BCUT2D eigenvalue weighted by Crippen LogP contribution is 2.43. The van der Waals surface area contributed by atoms with Gasteiger partial charge in [-0.3, -0.25) is 9.69 Å². The van der Waals surface area contributed by atoms with Crippen LogP contribution in [0.1, 0.15) is 32.4 Å². The number of para-hydroxylation sites is 1. The molecule has 2 atom stereocenters. The smallest absolute Gasteiger partial charge is 0.419 e. The van der Waals surface area contributed by atoms with E-state index in [1.807, 2.05) is 12.1 Å². The molecule has 2 heterocycles. The van der Waals surface area contributed by atoms with Crippen LogP contribution >= 0.6 is 0 Å². The first-order valence-electron chi connectivity index (χ1n) is 10.9. The highest BCUT2D eigenvalue weighted by Gasteiger charge is 2.46. The Morgan fingerprint density at radius 1 is 1.06 bits per heavy atom. The molecule has 8 heteroatoms. The number of ether oxygens (including phenoxy) is 3. The average Bonchev–Trinajstić information content (AvgIpc) is 3.22. The number of fused-ring (bicyclic) bond motifs is 1. The second-order valence-corrected chi connectivity index (χ2v) is 14.4. The third-order valence-electron chi connectivity index (χ3n) is 6.39. The fourth-order valence-electron chi connectivity index (χ4n) is 3.51. The number of carbonyl (C=O) groups is 2. The number of ketones is 1. The molecule has 0 radical (unpaired) electrons. The number of hydrogen-bond donors (Lipinski definition) is 0. The number of hydrogen-bond acceptors (Lipinski definition) is 6. The molecule has 0 saturated carbocycles. The Balaban J connectivity index is 1.74. The summed E-state index contributed by atoms with van der Waals surface area (Å²) in [5.41, 5.74) is 0.700. The highest BCUT2D eigenvalue weighted by atomic mass is 28.4.